The third kappa shape index (κ3) is 3.55. The van der Waals surface area contributed by atoms with Crippen molar-refractivity contribution >= 4 is 22.3 Å². The summed E-state index contributed by atoms with van der Waals surface area (Å²) in [7, 11) is 0. The van der Waals surface area contributed by atoms with Gasteiger partial charge in [0.25, 0.3) is 5.56 Å². The number of aryl methyl sites for hydroxylation is 2. The van der Waals surface area contributed by atoms with Crippen molar-refractivity contribution < 1.29 is 8.78 Å². The largest absolute Gasteiger partial charge is 0.407 e. The average Bonchev–Trinajstić information content (AvgIpc) is 2.54. The van der Waals surface area contributed by atoms with Gasteiger partial charge in [-0.2, -0.15) is 0 Å². The molecule has 0 radical (unpaired) electrons. The molecule has 5 nitrogen and oxygen atoms in total. The van der Waals surface area contributed by atoms with E-state index in [4.69, 9.17) is 12.3 Å². The molecule has 0 amide bonds. The number of anilines is 1. The maximum Gasteiger partial charge on any atom is 0.258 e. The number of nitrogens with two attached hydrogens (primary N) is 1. The molecule has 0 spiro atoms. The van der Waals surface area contributed by atoms with E-state index in [1.807, 2.05) is 0 Å². The van der Waals surface area contributed by atoms with Gasteiger partial charge in [-0.15, -0.1) is 0 Å². The number of rotatable bonds is 0. The van der Waals surface area contributed by atoms with Crippen molar-refractivity contribution in [3.05, 3.63) is 75.1 Å². The second kappa shape index (κ2) is 6.87. The fourth-order valence-corrected chi connectivity index (χ4v) is 1.98. The molecule has 1 aromatic heterocycles. The minimum absolute atomic E-state index is 0.197. The van der Waals surface area contributed by atoms with Gasteiger partial charge in [-0.1, -0.05) is 0 Å². The van der Waals surface area contributed by atoms with Crippen LogP contribution in [0.2, 0.25) is 0 Å². The van der Waals surface area contributed by atoms with Crippen LogP contribution in [0.15, 0.2) is 35.4 Å². The Kier molecular flexibility index (Phi) is 4.90. The van der Waals surface area contributed by atoms with Gasteiger partial charge in [0.15, 0.2) is 0 Å². The second-order valence-corrected chi connectivity index (χ2v) is 5.12. The van der Waals surface area contributed by atoms with Crippen LogP contribution in [0.4, 0.5) is 20.2 Å². The highest BCUT2D eigenvalue weighted by Gasteiger charge is 2.04. The molecule has 0 bridgehead atoms. The van der Waals surface area contributed by atoms with Gasteiger partial charge < -0.3 is 10.7 Å². The topological polar surface area (TPSA) is 76.1 Å². The predicted molar refractivity (Wildman–Crippen MR) is 88.9 cm³/mol. The zero-order chi connectivity index (χ0) is 17.9. The molecule has 0 aliphatic carbocycles. The number of hydrogen-bond acceptors (Lipinski definition) is 3. The van der Waals surface area contributed by atoms with Gasteiger partial charge in [-0.3, -0.25) is 4.79 Å². The van der Waals surface area contributed by atoms with Crippen LogP contribution in [0.5, 0.6) is 0 Å². The van der Waals surface area contributed by atoms with Crippen LogP contribution in [0.25, 0.3) is 15.7 Å². The first-order chi connectivity index (χ1) is 11.3. The van der Waals surface area contributed by atoms with Crippen molar-refractivity contribution in [1.29, 1.82) is 0 Å². The Morgan fingerprint density at radius 2 is 1.75 bits per heavy atom. The predicted octanol–water partition coefficient (Wildman–Crippen LogP) is 3.64. The molecule has 0 saturated carbocycles. The third-order valence-corrected chi connectivity index (χ3v) is 3.35. The van der Waals surface area contributed by atoms with Crippen LogP contribution in [-0.4, -0.2) is 9.97 Å². The number of halogens is 2. The summed E-state index contributed by atoms with van der Waals surface area (Å²) in [5.74, 6) is -0.708. The van der Waals surface area contributed by atoms with Crippen LogP contribution in [0.1, 0.15) is 11.1 Å². The zero-order valence-corrected chi connectivity index (χ0v) is 13.0. The maximum atomic E-state index is 13.0. The highest BCUT2D eigenvalue weighted by atomic mass is 19.1. The Hall–Kier alpha value is -3.27. The summed E-state index contributed by atoms with van der Waals surface area (Å²) >= 11 is 0. The normalized spacial score (nSPS) is 9.96. The summed E-state index contributed by atoms with van der Waals surface area (Å²) in [4.78, 5) is 20.6. The number of H-pyrrole nitrogens is 1. The van der Waals surface area contributed by atoms with Crippen molar-refractivity contribution in [2.24, 2.45) is 0 Å². The molecule has 0 saturated heterocycles. The van der Waals surface area contributed by atoms with E-state index in [2.05, 4.69) is 14.8 Å². The minimum Gasteiger partial charge on any atom is -0.407 e. The van der Waals surface area contributed by atoms with Crippen LogP contribution in [-0.2, 0) is 0 Å². The van der Waals surface area contributed by atoms with Crippen molar-refractivity contribution in [3.63, 3.8) is 0 Å². The molecular formula is C17H14F2N4O. The van der Waals surface area contributed by atoms with Gasteiger partial charge in [-0.25, -0.2) is 18.6 Å². The molecule has 122 valence electrons. The number of nitrogen functional groups attached to an aromatic ring is 1. The van der Waals surface area contributed by atoms with Crippen LogP contribution in [0, 0.1) is 32.1 Å². The number of aromatic nitrogens is 2. The van der Waals surface area contributed by atoms with Crippen molar-refractivity contribution in [2.45, 2.75) is 13.8 Å². The summed E-state index contributed by atoms with van der Waals surface area (Å²) in [6.07, 6.45) is 1.26. The molecule has 0 atom stereocenters. The van der Waals surface area contributed by atoms with Crippen LogP contribution in [0.3, 0.4) is 0 Å². The number of hydrogen-bond donors (Lipinski definition) is 2. The molecule has 24 heavy (non-hydrogen) atoms. The molecule has 2 aromatic carbocycles. The third-order valence-electron chi connectivity index (χ3n) is 3.35. The molecule has 0 aliphatic rings. The standard InChI is InChI=1S/C9H7FN2O.C8H7FN2/c1-5-2-6-8(3-7(5)10)11-4-12-9(6)13;1-5-3-8(11-2)7(10)4-6(5)9/h2-4H,1H3,(H,11,12,13);3-4H,10H2,1H3. The summed E-state index contributed by atoms with van der Waals surface area (Å²) in [5.41, 5.74) is 6.89. The van der Waals surface area contributed by atoms with E-state index in [1.165, 1.54) is 30.6 Å². The molecule has 0 fully saturated rings. The molecule has 3 N–H and O–H groups in total. The number of aromatic amines is 1. The molecule has 0 unspecified atom stereocenters. The molecule has 0 aliphatic heterocycles. The lowest BCUT2D eigenvalue weighted by Crippen LogP contribution is -2.06. The van der Waals surface area contributed by atoms with E-state index >= 15 is 0 Å². The monoisotopic (exact) mass is 328 g/mol. The SMILES string of the molecule is Cc1cc2c(=O)[nH]cnc2cc1F.[C-]#[N+]c1cc(C)c(F)cc1N. The molecule has 3 rings (SSSR count). The minimum atomic E-state index is -0.366. The van der Waals surface area contributed by atoms with Gasteiger partial charge in [0.05, 0.1) is 23.8 Å². The molecule has 7 heteroatoms. The summed E-state index contributed by atoms with van der Waals surface area (Å²) < 4.78 is 25.7. The highest BCUT2D eigenvalue weighted by Crippen LogP contribution is 2.24. The number of fused-ring (bicyclic) bond motifs is 1. The van der Waals surface area contributed by atoms with E-state index < -0.39 is 0 Å². The average molecular weight is 328 g/mol. The molecule has 3 aromatic rings. The summed E-state index contributed by atoms with van der Waals surface area (Å²) in [6.45, 7) is 9.89. The van der Waals surface area contributed by atoms with E-state index in [0.717, 1.165) is 0 Å². The van der Waals surface area contributed by atoms with E-state index in [1.54, 1.807) is 13.8 Å². The first kappa shape index (κ1) is 17.1. The number of nitrogens with zero attached hydrogens (tertiary/aromatic N) is 2. The smallest absolute Gasteiger partial charge is 0.258 e. The second-order valence-electron chi connectivity index (χ2n) is 5.12. The van der Waals surface area contributed by atoms with Gasteiger partial charge >= 0.3 is 0 Å². The summed E-state index contributed by atoms with van der Waals surface area (Å²) in [5, 5.41) is 0.418. The van der Waals surface area contributed by atoms with Crippen molar-refractivity contribution in [2.75, 3.05) is 5.73 Å². The Balaban J connectivity index is 0.000000177. The van der Waals surface area contributed by atoms with E-state index in [-0.39, 0.29) is 22.9 Å². The zero-order valence-electron chi connectivity index (χ0n) is 13.0. The molecule has 1 heterocycles. The Morgan fingerprint density at radius 3 is 2.42 bits per heavy atom. The van der Waals surface area contributed by atoms with Gasteiger partial charge in [0.2, 0.25) is 5.69 Å². The molecular weight excluding hydrogens is 314 g/mol. The van der Waals surface area contributed by atoms with Crippen LogP contribution >= 0.6 is 0 Å². The van der Waals surface area contributed by atoms with E-state index in [0.29, 0.717) is 27.7 Å². The lowest BCUT2D eigenvalue weighted by molar-refractivity contribution is 0.619. The maximum absolute atomic E-state index is 13.0. The quantitative estimate of drug-likeness (QED) is 0.489. The lowest BCUT2D eigenvalue weighted by atomic mass is 10.1. The van der Waals surface area contributed by atoms with E-state index in [9.17, 15) is 13.6 Å². The van der Waals surface area contributed by atoms with Gasteiger partial charge in [-0.05, 0) is 43.2 Å². The Labute approximate surface area is 136 Å². The van der Waals surface area contributed by atoms with Gasteiger partial charge in [0, 0.05) is 11.8 Å². The van der Waals surface area contributed by atoms with Crippen LogP contribution < -0.4 is 11.3 Å². The Morgan fingerprint density at radius 1 is 1.12 bits per heavy atom. The Bertz CT molecular complexity index is 1010. The van der Waals surface area contributed by atoms with Gasteiger partial charge in [0.1, 0.15) is 11.6 Å². The fourth-order valence-electron chi connectivity index (χ4n) is 1.98. The highest BCUT2D eigenvalue weighted by molar-refractivity contribution is 5.78. The fraction of sp³-hybridized carbons (Fsp3) is 0.118. The first-order valence-corrected chi connectivity index (χ1v) is 6.90. The lowest BCUT2D eigenvalue weighted by Gasteiger charge is -1.99. The van der Waals surface area contributed by atoms with Crippen molar-refractivity contribution in [3.8, 4) is 0 Å². The summed E-state index contributed by atoms with van der Waals surface area (Å²) in [6, 6.07) is 5.37. The van der Waals surface area contributed by atoms with Crippen molar-refractivity contribution in [1.82, 2.24) is 9.97 Å². The first-order valence-electron chi connectivity index (χ1n) is 6.90. The number of nitrogens with one attached hydrogen (secondary N) is 1. The number of benzene rings is 2.